The zero-order valence-corrected chi connectivity index (χ0v) is 11.8. The first kappa shape index (κ1) is 13.9. The molecule has 3 heteroatoms. The summed E-state index contributed by atoms with van der Waals surface area (Å²) in [6.07, 6.45) is 2.64. The summed E-state index contributed by atoms with van der Waals surface area (Å²) in [6.45, 7) is 4.62. The van der Waals surface area contributed by atoms with E-state index in [2.05, 4.69) is 29.7 Å². The van der Waals surface area contributed by atoms with Gasteiger partial charge < -0.3 is 10.5 Å². The molecule has 1 aromatic rings. The SMILES string of the molecule is CCN(Cc1cc(OC)ccc1C#CCN)C1CC1. The van der Waals surface area contributed by atoms with Gasteiger partial charge in [-0.2, -0.15) is 0 Å². The second kappa shape index (κ2) is 6.60. The van der Waals surface area contributed by atoms with E-state index in [1.807, 2.05) is 12.1 Å². The fraction of sp³-hybridized carbons (Fsp3) is 0.500. The molecule has 3 nitrogen and oxygen atoms in total. The van der Waals surface area contributed by atoms with Crippen LogP contribution >= 0.6 is 0 Å². The summed E-state index contributed by atoms with van der Waals surface area (Å²) in [6, 6.07) is 6.83. The third kappa shape index (κ3) is 3.73. The summed E-state index contributed by atoms with van der Waals surface area (Å²) < 4.78 is 5.31. The van der Waals surface area contributed by atoms with Crippen LogP contribution in [0.15, 0.2) is 18.2 Å². The van der Waals surface area contributed by atoms with E-state index in [9.17, 15) is 0 Å². The summed E-state index contributed by atoms with van der Waals surface area (Å²) in [5.74, 6) is 6.98. The molecule has 2 N–H and O–H groups in total. The lowest BCUT2D eigenvalue weighted by Crippen LogP contribution is -2.25. The van der Waals surface area contributed by atoms with E-state index in [0.717, 1.165) is 30.4 Å². The molecule has 0 aromatic heterocycles. The molecule has 1 aliphatic carbocycles. The van der Waals surface area contributed by atoms with E-state index in [1.165, 1.54) is 18.4 Å². The minimum absolute atomic E-state index is 0.394. The van der Waals surface area contributed by atoms with Gasteiger partial charge in [0.2, 0.25) is 0 Å². The van der Waals surface area contributed by atoms with Crippen molar-refractivity contribution in [2.45, 2.75) is 32.4 Å². The largest absolute Gasteiger partial charge is 0.497 e. The van der Waals surface area contributed by atoms with Crippen LogP contribution in [-0.4, -0.2) is 31.1 Å². The first-order valence-corrected chi connectivity index (χ1v) is 6.88. The van der Waals surface area contributed by atoms with Crippen molar-refractivity contribution in [1.82, 2.24) is 4.90 Å². The average Bonchev–Trinajstić information content (AvgIpc) is 3.27. The maximum atomic E-state index is 5.46. The van der Waals surface area contributed by atoms with Crippen LogP contribution in [0, 0.1) is 11.8 Å². The summed E-state index contributed by atoms with van der Waals surface area (Å²) in [7, 11) is 1.70. The molecular weight excluding hydrogens is 236 g/mol. The highest BCUT2D eigenvalue weighted by molar-refractivity contribution is 5.45. The molecule has 19 heavy (non-hydrogen) atoms. The van der Waals surface area contributed by atoms with Gasteiger partial charge in [0.05, 0.1) is 13.7 Å². The Hall–Kier alpha value is -1.50. The molecule has 0 bridgehead atoms. The average molecular weight is 258 g/mol. The number of hydrogen-bond donors (Lipinski definition) is 1. The van der Waals surface area contributed by atoms with Crippen molar-refractivity contribution >= 4 is 0 Å². The standard InChI is InChI=1S/C16H22N2O/c1-3-18(15-7-8-15)12-14-11-16(19-2)9-6-13(14)5-4-10-17/h6,9,11,15H,3,7-8,10,12,17H2,1-2H3. The Kier molecular flexibility index (Phi) is 4.84. The van der Waals surface area contributed by atoms with Crippen molar-refractivity contribution in [2.75, 3.05) is 20.2 Å². The van der Waals surface area contributed by atoms with Gasteiger partial charge in [0.25, 0.3) is 0 Å². The zero-order chi connectivity index (χ0) is 13.7. The molecular formula is C16H22N2O. The van der Waals surface area contributed by atoms with Crippen LogP contribution in [-0.2, 0) is 6.54 Å². The minimum atomic E-state index is 0.394. The Balaban J connectivity index is 2.23. The molecule has 1 aromatic carbocycles. The number of ether oxygens (including phenoxy) is 1. The molecule has 0 amide bonds. The van der Waals surface area contributed by atoms with Crippen molar-refractivity contribution in [3.05, 3.63) is 29.3 Å². The second-order valence-corrected chi connectivity index (χ2v) is 4.82. The number of nitrogens with two attached hydrogens (primary N) is 1. The van der Waals surface area contributed by atoms with Crippen LogP contribution in [0.4, 0.5) is 0 Å². The highest BCUT2D eigenvalue weighted by Gasteiger charge is 2.28. The van der Waals surface area contributed by atoms with Gasteiger partial charge >= 0.3 is 0 Å². The van der Waals surface area contributed by atoms with Gasteiger partial charge in [-0.1, -0.05) is 18.8 Å². The van der Waals surface area contributed by atoms with Crippen LogP contribution in [0.5, 0.6) is 5.75 Å². The lowest BCUT2D eigenvalue weighted by atomic mass is 10.1. The van der Waals surface area contributed by atoms with Crippen molar-refractivity contribution in [1.29, 1.82) is 0 Å². The molecule has 1 saturated carbocycles. The fourth-order valence-corrected chi connectivity index (χ4v) is 2.25. The molecule has 0 atom stereocenters. The van der Waals surface area contributed by atoms with Crippen LogP contribution in [0.3, 0.4) is 0 Å². The zero-order valence-electron chi connectivity index (χ0n) is 11.8. The van der Waals surface area contributed by atoms with Gasteiger partial charge in [0.1, 0.15) is 5.75 Å². The van der Waals surface area contributed by atoms with E-state index in [4.69, 9.17) is 10.5 Å². The Bertz CT molecular complexity index is 483. The molecule has 0 radical (unpaired) electrons. The number of benzene rings is 1. The summed E-state index contributed by atoms with van der Waals surface area (Å²) in [5, 5.41) is 0. The molecule has 1 aliphatic rings. The maximum absolute atomic E-state index is 5.46. The fourth-order valence-electron chi connectivity index (χ4n) is 2.25. The first-order valence-electron chi connectivity index (χ1n) is 6.88. The van der Waals surface area contributed by atoms with Crippen molar-refractivity contribution in [3.8, 4) is 17.6 Å². The molecule has 2 rings (SSSR count). The number of methoxy groups -OCH3 is 1. The van der Waals surface area contributed by atoms with Gasteiger partial charge in [0.15, 0.2) is 0 Å². The van der Waals surface area contributed by atoms with Gasteiger partial charge in [-0.05, 0) is 43.1 Å². The molecule has 0 heterocycles. The lowest BCUT2D eigenvalue weighted by molar-refractivity contribution is 0.268. The van der Waals surface area contributed by atoms with Crippen molar-refractivity contribution in [3.63, 3.8) is 0 Å². The highest BCUT2D eigenvalue weighted by atomic mass is 16.5. The third-order valence-corrected chi connectivity index (χ3v) is 3.48. The predicted molar refractivity (Wildman–Crippen MR) is 78.0 cm³/mol. The first-order chi connectivity index (χ1) is 9.28. The molecule has 0 aliphatic heterocycles. The van der Waals surface area contributed by atoms with Crippen molar-refractivity contribution in [2.24, 2.45) is 5.73 Å². The van der Waals surface area contributed by atoms with Crippen LogP contribution in [0.1, 0.15) is 30.9 Å². The smallest absolute Gasteiger partial charge is 0.119 e. The minimum Gasteiger partial charge on any atom is -0.497 e. The van der Waals surface area contributed by atoms with Crippen LogP contribution in [0.25, 0.3) is 0 Å². The third-order valence-electron chi connectivity index (χ3n) is 3.48. The normalized spacial score (nSPS) is 14.1. The maximum Gasteiger partial charge on any atom is 0.119 e. The molecule has 0 unspecified atom stereocenters. The van der Waals surface area contributed by atoms with E-state index >= 15 is 0 Å². The van der Waals surface area contributed by atoms with Gasteiger partial charge in [-0.15, -0.1) is 0 Å². The Morgan fingerprint density at radius 2 is 2.21 bits per heavy atom. The Labute approximate surface area is 115 Å². The summed E-state index contributed by atoms with van der Waals surface area (Å²) in [4.78, 5) is 2.50. The molecule has 0 spiro atoms. The van der Waals surface area contributed by atoms with E-state index < -0.39 is 0 Å². The number of hydrogen-bond acceptors (Lipinski definition) is 3. The molecule has 1 fully saturated rings. The van der Waals surface area contributed by atoms with Gasteiger partial charge in [-0.25, -0.2) is 0 Å². The Morgan fingerprint density at radius 1 is 1.42 bits per heavy atom. The van der Waals surface area contributed by atoms with E-state index in [0.29, 0.717) is 6.54 Å². The molecule has 102 valence electrons. The van der Waals surface area contributed by atoms with Crippen LogP contribution in [0.2, 0.25) is 0 Å². The predicted octanol–water partition coefficient (Wildman–Crippen LogP) is 1.99. The lowest BCUT2D eigenvalue weighted by Gasteiger charge is -2.21. The summed E-state index contributed by atoms with van der Waals surface area (Å²) in [5.41, 5.74) is 7.75. The van der Waals surface area contributed by atoms with Gasteiger partial charge in [-0.3, -0.25) is 4.90 Å². The summed E-state index contributed by atoms with van der Waals surface area (Å²) >= 11 is 0. The Morgan fingerprint density at radius 3 is 2.79 bits per heavy atom. The highest BCUT2D eigenvalue weighted by Crippen LogP contribution is 2.29. The number of rotatable bonds is 5. The van der Waals surface area contributed by atoms with Crippen molar-refractivity contribution < 1.29 is 4.74 Å². The topological polar surface area (TPSA) is 38.5 Å². The quantitative estimate of drug-likeness (QED) is 0.821. The molecule has 0 saturated heterocycles. The van der Waals surface area contributed by atoms with E-state index in [1.54, 1.807) is 7.11 Å². The number of nitrogens with zero attached hydrogens (tertiary/aromatic N) is 1. The van der Waals surface area contributed by atoms with E-state index in [-0.39, 0.29) is 0 Å². The monoisotopic (exact) mass is 258 g/mol. The van der Waals surface area contributed by atoms with Gasteiger partial charge in [0, 0.05) is 18.2 Å². The van der Waals surface area contributed by atoms with Crippen LogP contribution < -0.4 is 10.5 Å². The second-order valence-electron chi connectivity index (χ2n) is 4.82.